The maximum atomic E-state index is 5.44. The van der Waals surface area contributed by atoms with E-state index in [9.17, 15) is 0 Å². The van der Waals surface area contributed by atoms with Crippen molar-refractivity contribution in [3.8, 4) is 0 Å². The first-order valence-corrected chi connectivity index (χ1v) is 5.39. The molecule has 0 saturated heterocycles. The van der Waals surface area contributed by atoms with Crippen molar-refractivity contribution in [1.29, 1.82) is 0 Å². The van der Waals surface area contributed by atoms with Gasteiger partial charge in [0.2, 0.25) is 0 Å². The highest BCUT2D eigenvalue weighted by Gasteiger charge is 1.98. The summed E-state index contributed by atoms with van der Waals surface area (Å²) >= 11 is 0. The Bertz CT molecular complexity index is 264. The molecule has 2 heteroatoms. The zero-order chi connectivity index (χ0) is 11.1. The van der Waals surface area contributed by atoms with E-state index in [0.29, 0.717) is 25.7 Å². The van der Waals surface area contributed by atoms with Crippen LogP contribution in [0, 0.1) is 0 Å². The Morgan fingerprint density at radius 2 is 1.73 bits per heavy atom. The molecule has 0 bridgehead atoms. The lowest BCUT2D eigenvalue weighted by Gasteiger charge is -2.07. The fourth-order valence-electron chi connectivity index (χ4n) is 1.33. The molecule has 0 unspecified atom stereocenters. The van der Waals surface area contributed by atoms with E-state index >= 15 is 0 Å². The lowest BCUT2D eigenvalue weighted by atomic mass is 10.0. The predicted molar refractivity (Wildman–Crippen MR) is 62.1 cm³/mol. The fraction of sp³-hybridized carbons (Fsp3) is 0.538. The van der Waals surface area contributed by atoms with Crippen molar-refractivity contribution >= 4 is 0 Å². The molecule has 1 rings (SSSR count). The second kappa shape index (κ2) is 6.59. The highest BCUT2D eigenvalue weighted by atomic mass is 16.5. The summed E-state index contributed by atoms with van der Waals surface area (Å²) in [4.78, 5) is 0. The Labute approximate surface area is 92.2 Å². The summed E-state index contributed by atoms with van der Waals surface area (Å²) in [5.41, 5.74) is 2.59. The predicted octanol–water partition coefficient (Wildman–Crippen LogP) is 2.97. The SMILES string of the molecule is COCCOCc1ccc(C(C)C)cc1. The van der Waals surface area contributed by atoms with E-state index in [0.717, 1.165) is 0 Å². The minimum atomic E-state index is 0.591. The van der Waals surface area contributed by atoms with Gasteiger partial charge in [-0.2, -0.15) is 0 Å². The molecule has 0 aliphatic carbocycles. The van der Waals surface area contributed by atoms with Gasteiger partial charge < -0.3 is 9.47 Å². The molecule has 0 radical (unpaired) electrons. The Balaban J connectivity index is 2.36. The molecule has 0 atom stereocenters. The average Bonchev–Trinajstić information content (AvgIpc) is 2.25. The molecule has 84 valence electrons. The summed E-state index contributed by atoms with van der Waals surface area (Å²) in [7, 11) is 1.68. The van der Waals surface area contributed by atoms with E-state index in [1.165, 1.54) is 11.1 Å². The molecule has 0 spiro atoms. The van der Waals surface area contributed by atoms with E-state index < -0.39 is 0 Å². The largest absolute Gasteiger partial charge is 0.382 e. The maximum absolute atomic E-state index is 5.44. The second-order valence-electron chi connectivity index (χ2n) is 3.94. The Morgan fingerprint density at radius 3 is 2.27 bits per heavy atom. The molecule has 1 aromatic rings. The van der Waals surface area contributed by atoms with Gasteiger partial charge >= 0.3 is 0 Å². The lowest BCUT2D eigenvalue weighted by Crippen LogP contribution is -2.01. The molecule has 0 fully saturated rings. The van der Waals surface area contributed by atoms with Gasteiger partial charge in [-0.15, -0.1) is 0 Å². The molecule has 2 nitrogen and oxygen atoms in total. The van der Waals surface area contributed by atoms with E-state index in [-0.39, 0.29) is 0 Å². The summed E-state index contributed by atoms with van der Waals surface area (Å²) in [6.45, 7) is 6.38. The van der Waals surface area contributed by atoms with Crippen LogP contribution in [0.1, 0.15) is 30.9 Å². The maximum Gasteiger partial charge on any atom is 0.0718 e. The third kappa shape index (κ3) is 4.45. The number of rotatable bonds is 6. The Kier molecular flexibility index (Phi) is 5.37. The Morgan fingerprint density at radius 1 is 1.07 bits per heavy atom. The molecular formula is C13H20O2. The molecule has 15 heavy (non-hydrogen) atoms. The van der Waals surface area contributed by atoms with E-state index in [4.69, 9.17) is 9.47 Å². The van der Waals surface area contributed by atoms with Gasteiger partial charge in [0, 0.05) is 7.11 Å². The summed E-state index contributed by atoms with van der Waals surface area (Å²) in [5.74, 6) is 0.591. The topological polar surface area (TPSA) is 18.5 Å². The van der Waals surface area contributed by atoms with E-state index in [2.05, 4.69) is 38.1 Å². The smallest absolute Gasteiger partial charge is 0.0718 e. The minimum Gasteiger partial charge on any atom is -0.382 e. The normalized spacial score (nSPS) is 10.9. The van der Waals surface area contributed by atoms with Gasteiger partial charge in [-0.1, -0.05) is 38.1 Å². The van der Waals surface area contributed by atoms with Crippen molar-refractivity contribution in [2.24, 2.45) is 0 Å². The highest BCUT2D eigenvalue weighted by Crippen LogP contribution is 2.14. The first kappa shape index (κ1) is 12.2. The first-order chi connectivity index (χ1) is 7.24. The van der Waals surface area contributed by atoms with Crippen molar-refractivity contribution in [3.05, 3.63) is 35.4 Å². The zero-order valence-electron chi connectivity index (χ0n) is 9.82. The van der Waals surface area contributed by atoms with Gasteiger partial charge in [0.15, 0.2) is 0 Å². The number of hydrogen-bond donors (Lipinski definition) is 0. The standard InChI is InChI=1S/C13H20O2/c1-11(2)13-6-4-12(5-7-13)10-15-9-8-14-3/h4-7,11H,8-10H2,1-3H3. The number of benzene rings is 1. The molecule has 0 aliphatic rings. The molecule has 0 N–H and O–H groups in total. The van der Waals surface area contributed by atoms with E-state index in [1.54, 1.807) is 7.11 Å². The number of hydrogen-bond acceptors (Lipinski definition) is 2. The van der Waals surface area contributed by atoms with Crippen molar-refractivity contribution < 1.29 is 9.47 Å². The highest BCUT2D eigenvalue weighted by molar-refractivity contribution is 5.24. The van der Waals surface area contributed by atoms with Gasteiger partial charge in [0.1, 0.15) is 0 Å². The van der Waals surface area contributed by atoms with Crippen molar-refractivity contribution in [2.45, 2.75) is 26.4 Å². The third-order valence-corrected chi connectivity index (χ3v) is 2.35. The summed E-state index contributed by atoms with van der Waals surface area (Å²) < 4.78 is 10.3. The summed E-state index contributed by atoms with van der Waals surface area (Å²) in [6, 6.07) is 8.59. The Hall–Kier alpha value is -0.860. The van der Waals surface area contributed by atoms with Crippen LogP contribution in [0.4, 0.5) is 0 Å². The fourth-order valence-corrected chi connectivity index (χ4v) is 1.33. The van der Waals surface area contributed by atoms with Gasteiger partial charge in [-0.25, -0.2) is 0 Å². The second-order valence-corrected chi connectivity index (χ2v) is 3.94. The monoisotopic (exact) mass is 208 g/mol. The third-order valence-electron chi connectivity index (χ3n) is 2.35. The molecular weight excluding hydrogens is 188 g/mol. The van der Waals surface area contributed by atoms with Gasteiger partial charge in [-0.3, -0.25) is 0 Å². The van der Waals surface area contributed by atoms with Crippen LogP contribution in [0.5, 0.6) is 0 Å². The summed E-state index contributed by atoms with van der Waals surface area (Å²) in [5, 5.41) is 0. The van der Waals surface area contributed by atoms with Crippen LogP contribution in [0.15, 0.2) is 24.3 Å². The molecule has 0 heterocycles. The van der Waals surface area contributed by atoms with Crippen LogP contribution in [-0.4, -0.2) is 20.3 Å². The van der Waals surface area contributed by atoms with Crippen LogP contribution >= 0.6 is 0 Å². The lowest BCUT2D eigenvalue weighted by molar-refractivity contribution is 0.0616. The number of ether oxygens (including phenoxy) is 2. The molecule has 0 saturated carbocycles. The van der Waals surface area contributed by atoms with E-state index in [1.807, 2.05) is 0 Å². The molecule has 1 aromatic carbocycles. The number of methoxy groups -OCH3 is 1. The quantitative estimate of drug-likeness (QED) is 0.669. The van der Waals surface area contributed by atoms with Crippen molar-refractivity contribution in [3.63, 3.8) is 0 Å². The van der Waals surface area contributed by atoms with Crippen LogP contribution in [0.25, 0.3) is 0 Å². The first-order valence-electron chi connectivity index (χ1n) is 5.39. The summed E-state index contributed by atoms with van der Waals surface area (Å²) in [6.07, 6.45) is 0. The van der Waals surface area contributed by atoms with Gasteiger partial charge in [-0.05, 0) is 17.0 Å². The van der Waals surface area contributed by atoms with Crippen molar-refractivity contribution in [1.82, 2.24) is 0 Å². The molecule has 0 aromatic heterocycles. The minimum absolute atomic E-state index is 0.591. The van der Waals surface area contributed by atoms with Crippen LogP contribution in [-0.2, 0) is 16.1 Å². The molecule has 0 amide bonds. The van der Waals surface area contributed by atoms with Crippen LogP contribution < -0.4 is 0 Å². The molecule has 0 aliphatic heterocycles. The average molecular weight is 208 g/mol. The van der Waals surface area contributed by atoms with Gasteiger partial charge in [0.25, 0.3) is 0 Å². The van der Waals surface area contributed by atoms with Gasteiger partial charge in [0.05, 0.1) is 19.8 Å². The van der Waals surface area contributed by atoms with Crippen LogP contribution in [0.2, 0.25) is 0 Å². The van der Waals surface area contributed by atoms with Crippen molar-refractivity contribution in [2.75, 3.05) is 20.3 Å². The van der Waals surface area contributed by atoms with Crippen LogP contribution in [0.3, 0.4) is 0 Å². The zero-order valence-corrected chi connectivity index (χ0v) is 9.82.